The first-order valence-corrected chi connectivity index (χ1v) is 10.4. The van der Waals surface area contributed by atoms with Gasteiger partial charge in [0.1, 0.15) is 0 Å². The van der Waals surface area contributed by atoms with Gasteiger partial charge in [-0.15, -0.1) is 0 Å². The van der Waals surface area contributed by atoms with Crippen molar-refractivity contribution in [3.63, 3.8) is 0 Å². The summed E-state index contributed by atoms with van der Waals surface area (Å²) in [4.78, 5) is 17.7. The zero-order chi connectivity index (χ0) is 18.6. The van der Waals surface area contributed by atoms with Gasteiger partial charge in [-0.25, -0.2) is 0 Å². The van der Waals surface area contributed by atoms with Crippen LogP contribution < -0.4 is 0 Å². The Labute approximate surface area is 166 Å². The molecule has 2 aliphatic heterocycles. The molecule has 2 atom stereocenters. The van der Waals surface area contributed by atoms with Gasteiger partial charge >= 0.3 is 0 Å². The molecular weight excluding hydrogens is 356 g/mol. The van der Waals surface area contributed by atoms with Crippen molar-refractivity contribution in [1.82, 2.24) is 9.80 Å². The van der Waals surface area contributed by atoms with E-state index in [-0.39, 0.29) is 5.91 Å². The summed E-state index contributed by atoms with van der Waals surface area (Å²) in [5, 5.41) is 0.540. The van der Waals surface area contributed by atoms with Crippen molar-refractivity contribution in [2.75, 3.05) is 32.7 Å². The molecule has 0 radical (unpaired) electrons. The maximum absolute atomic E-state index is 13.1. The minimum Gasteiger partial charge on any atom is -0.338 e. The van der Waals surface area contributed by atoms with Gasteiger partial charge in [0, 0.05) is 25.6 Å². The zero-order valence-electron chi connectivity index (χ0n) is 15.7. The number of nitrogens with zero attached hydrogens (tertiary/aromatic N) is 2. The first-order valence-electron chi connectivity index (χ1n) is 10.0. The molecule has 2 saturated heterocycles. The van der Waals surface area contributed by atoms with Crippen LogP contribution in [0.15, 0.2) is 54.6 Å². The van der Waals surface area contributed by atoms with E-state index in [4.69, 9.17) is 11.6 Å². The Morgan fingerprint density at radius 3 is 2.37 bits per heavy atom. The summed E-state index contributed by atoms with van der Waals surface area (Å²) >= 11 is 6.29. The van der Waals surface area contributed by atoms with Crippen LogP contribution >= 0.6 is 11.6 Å². The third kappa shape index (κ3) is 4.20. The molecule has 2 aromatic rings. The molecule has 2 aromatic carbocycles. The van der Waals surface area contributed by atoms with E-state index >= 15 is 0 Å². The minimum atomic E-state index is 0.0580. The maximum Gasteiger partial charge on any atom is 0.255 e. The van der Waals surface area contributed by atoms with Gasteiger partial charge in [-0.05, 0) is 49.5 Å². The van der Waals surface area contributed by atoms with Crippen molar-refractivity contribution in [3.8, 4) is 0 Å². The van der Waals surface area contributed by atoms with Crippen LogP contribution in [0.25, 0.3) is 0 Å². The number of halogens is 1. The standard InChI is InChI=1S/C23H27ClN2O/c24-22-12-6-5-11-20(22)23(27)26-16-19(15-25-13-7-2-8-14-25)21(17-26)18-9-3-1-4-10-18/h1,3-6,9-12,19,21H,2,7-8,13-17H2/t19-,21-/m1/s1. The summed E-state index contributed by atoms with van der Waals surface area (Å²) < 4.78 is 0. The lowest BCUT2D eigenvalue weighted by Gasteiger charge is -2.31. The highest BCUT2D eigenvalue weighted by Gasteiger charge is 2.37. The zero-order valence-corrected chi connectivity index (χ0v) is 16.4. The van der Waals surface area contributed by atoms with Gasteiger partial charge in [0.25, 0.3) is 5.91 Å². The molecule has 4 rings (SSSR count). The van der Waals surface area contributed by atoms with E-state index < -0.39 is 0 Å². The van der Waals surface area contributed by atoms with Crippen LogP contribution in [-0.4, -0.2) is 48.4 Å². The number of carbonyl (C=O) groups excluding carboxylic acids is 1. The quantitative estimate of drug-likeness (QED) is 0.766. The van der Waals surface area contributed by atoms with Crippen LogP contribution in [0.2, 0.25) is 5.02 Å². The topological polar surface area (TPSA) is 23.6 Å². The van der Waals surface area contributed by atoms with E-state index in [1.54, 1.807) is 6.07 Å². The van der Waals surface area contributed by atoms with E-state index in [0.29, 0.717) is 22.4 Å². The molecule has 142 valence electrons. The lowest BCUT2D eigenvalue weighted by Crippen LogP contribution is -2.36. The molecule has 3 nitrogen and oxygen atoms in total. The average molecular weight is 383 g/mol. The van der Waals surface area contributed by atoms with E-state index in [9.17, 15) is 4.79 Å². The number of piperidine rings is 1. The lowest BCUT2D eigenvalue weighted by atomic mass is 9.88. The maximum atomic E-state index is 13.1. The second kappa shape index (κ2) is 8.45. The molecule has 1 amide bonds. The highest BCUT2D eigenvalue weighted by Crippen LogP contribution is 2.35. The molecule has 2 fully saturated rings. The molecule has 0 aliphatic carbocycles. The molecule has 0 unspecified atom stereocenters. The summed E-state index contributed by atoms with van der Waals surface area (Å²) in [7, 11) is 0. The molecule has 2 aliphatic rings. The summed E-state index contributed by atoms with van der Waals surface area (Å²) in [6.45, 7) is 5.03. The number of hydrogen-bond donors (Lipinski definition) is 0. The van der Waals surface area contributed by atoms with Crippen LogP contribution in [0, 0.1) is 5.92 Å². The number of likely N-dealkylation sites (tertiary alicyclic amines) is 2. The number of hydrogen-bond acceptors (Lipinski definition) is 2. The summed E-state index contributed by atoms with van der Waals surface area (Å²) in [6, 6.07) is 18.1. The van der Waals surface area contributed by atoms with Crippen molar-refractivity contribution in [2.45, 2.75) is 25.2 Å². The van der Waals surface area contributed by atoms with E-state index in [0.717, 1.165) is 19.6 Å². The van der Waals surface area contributed by atoms with Crippen molar-refractivity contribution < 1.29 is 4.79 Å². The van der Waals surface area contributed by atoms with Crippen LogP contribution in [-0.2, 0) is 0 Å². The van der Waals surface area contributed by atoms with Gasteiger partial charge < -0.3 is 9.80 Å². The Morgan fingerprint density at radius 2 is 1.63 bits per heavy atom. The third-order valence-corrected chi connectivity index (χ3v) is 6.33. The predicted octanol–water partition coefficient (Wildman–Crippen LogP) is 4.68. The van der Waals surface area contributed by atoms with Crippen LogP contribution in [0.5, 0.6) is 0 Å². The molecular formula is C23H27ClN2O. The summed E-state index contributed by atoms with van der Waals surface area (Å²) in [5.41, 5.74) is 1.96. The minimum absolute atomic E-state index is 0.0580. The fourth-order valence-electron chi connectivity index (χ4n) is 4.58. The second-order valence-corrected chi connectivity index (χ2v) is 8.24. The number of benzene rings is 2. The smallest absolute Gasteiger partial charge is 0.255 e. The number of carbonyl (C=O) groups is 1. The second-order valence-electron chi connectivity index (χ2n) is 7.83. The Morgan fingerprint density at radius 1 is 0.926 bits per heavy atom. The number of rotatable bonds is 4. The fraction of sp³-hybridized carbons (Fsp3) is 0.435. The van der Waals surface area contributed by atoms with Gasteiger partial charge in [0.05, 0.1) is 10.6 Å². The van der Waals surface area contributed by atoms with Crippen LogP contribution in [0.4, 0.5) is 0 Å². The fourth-order valence-corrected chi connectivity index (χ4v) is 4.80. The highest BCUT2D eigenvalue weighted by molar-refractivity contribution is 6.33. The van der Waals surface area contributed by atoms with Crippen LogP contribution in [0.3, 0.4) is 0 Å². The van der Waals surface area contributed by atoms with Crippen molar-refractivity contribution in [2.24, 2.45) is 5.92 Å². The molecule has 0 saturated carbocycles. The summed E-state index contributed by atoms with van der Waals surface area (Å²) in [5.74, 6) is 0.916. The van der Waals surface area contributed by atoms with Crippen molar-refractivity contribution >= 4 is 17.5 Å². The Hall–Kier alpha value is -1.84. The first kappa shape index (κ1) is 18.5. The van der Waals surface area contributed by atoms with E-state index in [1.165, 1.54) is 37.9 Å². The van der Waals surface area contributed by atoms with Crippen molar-refractivity contribution in [3.05, 3.63) is 70.7 Å². The SMILES string of the molecule is O=C(c1ccccc1Cl)N1C[C@@H](CN2CCCCC2)[C@@H](c2ccccc2)C1. The Kier molecular flexibility index (Phi) is 5.80. The Bertz CT molecular complexity index is 773. The molecule has 0 N–H and O–H groups in total. The lowest BCUT2D eigenvalue weighted by molar-refractivity contribution is 0.0782. The van der Waals surface area contributed by atoms with Gasteiger partial charge in [0.2, 0.25) is 0 Å². The van der Waals surface area contributed by atoms with Gasteiger partial charge in [-0.2, -0.15) is 0 Å². The molecule has 27 heavy (non-hydrogen) atoms. The van der Waals surface area contributed by atoms with Crippen LogP contribution in [0.1, 0.15) is 41.1 Å². The first-order chi connectivity index (χ1) is 13.2. The monoisotopic (exact) mass is 382 g/mol. The van der Waals surface area contributed by atoms with Crippen molar-refractivity contribution in [1.29, 1.82) is 0 Å². The average Bonchev–Trinajstić information content (AvgIpc) is 3.13. The molecule has 0 aromatic heterocycles. The summed E-state index contributed by atoms with van der Waals surface area (Å²) in [6.07, 6.45) is 3.94. The predicted molar refractivity (Wildman–Crippen MR) is 110 cm³/mol. The van der Waals surface area contributed by atoms with Gasteiger partial charge in [-0.1, -0.05) is 60.5 Å². The van der Waals surface area contributed by atoms with Gasteiger partial charge in [0.15, 0.2) is 0 Å². The van der Waals surface area contributed by atoms with E-state index in [2.05, 4.69) is 35.2 Å². The molecule has 0 bridgehead atoms. The number of amides is 1. The molecule has 2 heterocycles. The molecule has 0 spiro atoms. The Balaban J connectivity index is 1.55. The van der Waals surface area contributed by atoms with Gasteiger partial charge in [-0.3, -0.25) is 4.79 Å². The third-order valence-electron chi connectivity index (χ3n) is 6.00. The largest absolute Gasteiger partial charge is 0.338 e. The molecule has 4 heteroatoms. The van der Waals surface area contributed by atoms with E-state index in [1.807, 2.05) is 23.1 Å². The highest BCUT2D eigenvalue weighted by atomic mass is 35.5. The normalized spacial score (nSPS) is 23.5.